The van der Waals surface area contributed by atoms with Crippen molar-refractivity contribution < 1.29 is 17.9 Å². The highest BCUT2D eigenvalue weighted by atomic mass is 32.2. The van der Waals surface area contributed by atoms with Crippen LogP contribution in [0.5, 0.6) is 0 Å². The zero-order chi connectivity index (χ0) is 15.5. The quantitative estimate of drug-likeness (QED) is 0.811. The summed E-state index contributed by atoms with van der Waals surface area (Å²) in [5, 5.41) is 0. The van der Waals surface area contributed by atoms with Gasteiger partial charge in [-0.1, -0.05) is 12.1 Å². The van der Waals surface area contributed by atoms with Crippen LogP contribution in [0.2, 0.25) is 0 Å². The van der Waals surface area contributed by atoms with Gasteiger partial charge in [0.25, 0.3) is 0 Å². The maximum absolute atomic E-state index is 12.1. The number of ether oxygens (including phenoxy) is 1. The largest absolute Gasteiger partial charge is 0.378 e. The molecule has 1 fully saturated rings. The fraction of sp³-hybridized carbons (Fsp3) is 0.500. The number of benzene rings is 1. The van der Waals surface area contributed by atoms with Crippen molar-refractivity contribution in [1.29, 1.82) is 0 Å². The van der Waals surface area contributed by atoms with Gasteiger partial charge in [0.15, 0.2) is 0 Å². The van der Waals surface area contributed by atoms with Gasteiger partial charge in [-0.15, -0.1) is 0 Å². The second-order valence-corrected chi connectivity index (χ2v) is 7.08. The normalized spacial score (nSPS) is 15.8. The van der Waals surface area contributed by atoms with Crippen molar-refractivity contribution in [2.45, 2.75) is 6.42 Å². The van der Waals surface area contributed by atoms with E-state index in [1.54, 1.807) is 29.2 Å². The molecule has 1 aromatic carbocycles. The van der Waals surface area contributed by atoms with Crippen molar-refractivity contribution in [3.05, 3.63) is 29.8 Å². The van der Waals surface area contributed by atoms with Gasteiger partial charge in [0, 0.05) is 20.1 Å². The molecule has 116 valence electrons. The summed E-state index contributed by atoms with van der Waals surface area (Å²) in [5.41, 5.74) is 1.46. The third-order valence-electron chi connectivity index (χ3n) is 3.52. The summed E-state index contributed by atoms with van der Waals surface area (Å²) in [4.78, 5) is 13.9. The van der Waals surface area contributed by atoms with Crippen LogP contribution in [0.15, 0.2) is 24.3 Å². The highest BCUT2D eigenvalue weighted by molar-refractivity contribution is 7.92. The van der Waals surface area contributed by atoms with E-state index in [0.29, 0.717) is 38.4 Å². The van der Waals surface area contributed by atoms with E-state index in [-0.39, 0.29) is 5.91 Å². The fourth-order valence-corrected chi connectivity index (χ4v) is 2.62. The maximum Gasteiger partial charge on any atom is 0.231 e. The molecule has 0 aromatic heterocycles. The molecule has 7 heteroatoms. The van der Waals surface area contributed by atoms with E-state index in [4.69, 9.17) is 4.74 Å². The van der Waals surface area contributed by atoms with Crippen molar-refractivity contribution in [2.75, 3.05) is 43.9 Å². The molecule has 0 spiro atoms. The van der Waals surface area contributed by atoms with Crippen molar-refractivity contribution in [1.82, 2.24) is 4.90 Å². The summed E-state index contributed by atoms with van der Waals surface area (Å²) in [6, 6.07) is 7.00. The predicted molar refractivity (Wildman–Crippen MR) is 80.8 cm³/mol. The van der Waals surface area contributed by atoms with Crippen LogP contribution in [0.4, 0.5) is 5.69 Å². The Kier molecular flexibility index (Phi) is 4.84. The molecule has 0 radical (unpaired) electrons. The minimum absolute atomic E-state index is 0.0718. The van der Waals surface area contributed by atoms with Gasteiger partial charge in [-0.3, -0.25) is 9.10 Å². The van der Waals surface area contributed by atoms with E-state index in [9.17, 15) is 13.2 Å². The minimum Gasteiger partial charge on any atom is -0.378 e. The Morgan fingerprint density at radius 1 is 1.24 bits per heavy atom. The average molecular weight is 312 g/mol. The molecule has 6 nitrogen and oxygen atoms in total. The van der Waals surface area contributed by atoms with E-state index in [1.165, 1.54) is 11.4 Å². The number of anilines is 1. The molecule has 2 rings (SSSR count). The summed E-state index contributed by atoms with van der Waals surface area (Å²) in [6.45, 7) is 2.44. The molecule has 1 aromatic rings. The van der Waals surface area contributed by atoms with Gasteiger partial charge in [0.2, 0.25) is 15.9 Å². The summed E-state index contributed by atoms with van der Waals surface area (Å²) in [7, 11) is -1.76. The number of nitrogens with zero attached hydrogens (tertiary/aromatic N) is 2. The van der Waals surface area contributed by atoms with Gasteiger partial charge in [0.1, 0.15) is 0 Å². The van der Waals surface area contributed by atoms with E-state index in [1.807, 2.05) is 0 Å². The first kappa shape index (κ1) is 15.8. The first-order valence-corrected chi connectivity index (χ1v) is 8.61. The summed E-state index contributed by atoms with van der Waals surface area (Å²) in [6.07, 6.45) is 1.48. The summed E-state index contributed by atoms with van der Waals surface area (Å²) in [5.74, 6) is 0.0718. The highest BCUT2D eigenvalue weighted by Crippen LogP contribution is 2.17. The second-order valence-electron chi connectivity index (χ2n) is 5.07. The van der Waals surface area contributed by atoms with Crippen LogP contribution in [-0.4, -0.2) is 58.8 Å². The highest BCUT2D eigenvalue weighted by Gasteiger charge is 2.17. The molecule has 1 amide bonds. The molecule has 0 unspecified atom stereocenters. The van der Waals surface area contributed by atoms with Crippen molar-refractivity contribution in [2.24, 2.45) is 0 Å². The Morgan fingerprint density at radius 2 is 1.81 bits per heavy atom. The van der Waals surface area contributed by atoms with E-state index < -0.39 is 10.0 Å². The van der Waals surface area contributed by atoms with Crippen LogP contribution in [-0.2, 0) is 26.0 Å². The lowest BCUT2D eigenvalue weighted by molar-refractivity contribution is -0.134. The molecule has 0 bridgehead atoms. The Labute approximate surface area is 125 Å². The molecule has 1 aliphatic rings. The van der Waals surface area contributed by atoms with Gasteiger partial charge in [-0.2, -0.15) is 0 Å². The number of hydrogen-bond donors (Lipinski definition) is 0. The average Bonchev–Trinajstić information content (AvgIpc) is 2.47. The van der Waals surface area contributed by atoms with Crippen LogP contribution in [0, 0.1) is 0 Å². The summed E-state index contributed by atoms with van der Waals surface area (Å²) < 4.78 is 29.3. The fourth-order valence-electron chi connectivity index (χ4n) is 2.11. The van der Waals surface area contributed by atoms with Gasteiger partial charge >= 0.3 is 0 Å². The number of hydrogen-bond acceptors (Lipinski definition) is 4. The van der Waals surface area contributed by atoms with Gasteiger partial charge in [-0.05, 0) is 17.7 Å². The number of sulfonamides is 1. The molecular weight excluding hydrogens is 292 g/mol. The second kappa shape index (κ2) is 6.44. The van der Waals surface area contributed by atoms with Crippen molar-refractivity contribution in [3.8, 4) is 0 Å². The van der Waals surface area contributed by atoms with E-state index >= 15 is 0 Å². The standard InChI is InChI=1S/C14H20N2O4S/c1-15(21(2,18)19)13-5-3-12(4-6-13)11-14(17)16-7-9-20-10-8-16/h3-6H,7-11H2,1-2H3. The summed E-state index contributed by atoms with van der Waals surface area (Å²) >= 11 is 0. The molecule has 1 heterocycles. The predicted octanol–water partition coefficient (Wildman–Crippen LogP) is 0.484. The van der Waals surface area contributed by atoms with Crippen LogP contribution in [0.25, 0.3) is 0 Å². The monoisotopic (exact) mass is 312 g/mol. The third kappa shape index (κ3) is 4.18. The van der Waals surface area contributed by atoms with Crippen molar-refractivity contribution in [3.63, 3.8) is 0 Å². The first-order valence-electron chi connectivity index (χ1n) is 6.76. The van der Waals surface area contributed by atoms with Crippen LogP contribution in [0.1, 0.15) is 5.56 Å². The lowest BCUT2D eigenvalue weighted by Crippen LogP contribution is -2.41. The van der Waals surface area contributed by atoms with E-state index in [0.717, 1.165) is 11.8 Å². The number of morpholine rings is 1. The number of carbonyl (C=O) groups excluding carboxylic acids is 1. The van der Waals surface area contributed by atoms with Crippen molar-refractivity contribution >= 4 is 21.6 Å². The topological polar surface area (TPSA) is 66.9 Å². The molecule has 0 aliphatic carbocycles. The number of amides is 1. The van der Waals surface area contributed by atoms with Crippen LogP contribution >= 0.6 is 0 Å². The van der Waals surface area contributed by atoms with Gasteiger partial charge < -0.3 is 9.64 Å². The lowest BCUT2D eigenvalue weighted by Gasteiger charge is -2.27. The SMILES string of the molecule is CN(c1ccc(CC(=O)N2CCOCC2)cc1)S(C)(=O)=O. The maximum atomic E-state index is 12.1. The number of rotatable bonds is 4. The number of carbonyl (C=O) groups is 1. The Balaban J connectivity index is 2.00. The zero-order valence-corrected chi connectivity index (χ0v) is 13.1. The van der Waals surface area contributed by atoms with Gasteiger partial charge in [0.05, 0.1) is 31.6 Å². The first-order chi connectivity index (χ1) is 9.88. The molecule has 0 N–H and O–H groups in total. The minimum atomic E-state index is -3.26. The molecule has 0 atom stereocenters. The zero-order valence-electron chi connectivity index (χ0n) is 12.3. The molecular formula is C14H20N2O4S. The Bertz CT molecular complexity index is 592. The molecule has 0 saturated carbocycles. The van der Waals surface area contributed by atoms with Crippen LogP contribution in [0.3, 0.4) is 0 Å². The van der Waals surface area contributed by atoms with E-state index in [2.05, 4.69) is 0 Å². The smallest absolute Gasteiger partial charge is 0.231 e. The van der Waals surface area contributed by atoms with Gasteiger partial charge in [-0.25, -0.2) is 8.42 Å². The lowest BCUT2D eigenvalue weighted by atomic mass is 10.1. The Hall–Kier alpha value is -1.60. The van der Waals surface area contributed by atoms with Crippen LogP contribution < -0.4 is 4.31 Å². The third-order valence-corrected chi connectivity index (χ3v) is 4.72. The molecule has 1 aliphatic heterocycles. The molecule has 1 saturated heterocycles. The molecule has 21 heavy (non-hydrogen) atoms. The Morgan fingerprint density at radius 3 is 2.33 bits per heavy atom.